The van der Waals surface area contributed by atoms with Crippen molar-refractivity contribution in [2.45, 2.75) is 16.0 Å². The molecule has 0 spiro atoms. The number of rotatable bonds is 3. The summed E-state index contributed by atoms with van der Waals surface area (Å²) in [5, 5.41) is 11.7. The van der Waals surface area contributed by atoms with Crippen LogP contribution in [0.25, 0.3) is 0 Å². The van der Waals surface area contributed by atoms with Crippen molar-refractivity contribution in [3.8, 4) is 0 Å². The smallest absolute Gasteiger partial charge is 0.262 e. The molecule has 2 aromatic heterocycles. The Bertz CT molecular complexity index is 596. The molecule has 18 heavy (non-hydrogen) atoms. The zero-order valence-electron chi connectivity index (χ0n) is 9.02. The first-order valence-corrected chi connectivity index (χ1v) is 7.09. The average Bonchev–Trinajstić information content (AvgIpc) is 2.65. The van der Waals surface area contributed by atoms with Crippen LogP contribution >= 0.6 is 46.3 Å². The highest BCUT2D eigenvalue weighted by atomic mass is 35.5. The lowest BCUT2D eigenvalue weighted by Crippen LogP contribution is -1.87. The molecule has 2 heterocycles. The van der Waals surface area contributed by atoms with E-state index in [2.05, 4.69) is 4.98 Å². The van der Waals surface area contributed by atoms with Crippen LogP contribution in [0.1, 0.15) is 4.88 Å². The molecule has 0 N–H and O–H groups in total. The third-order valence-corrected chi connectivity index (χ3v) is 5.17. The summed E-state index contributed by atoms with van der Waals surface area (Å²) in [5.41, 5.74) is 0.0754. The highest BCUT2D eigenvalue weighted by molar-refractivity contribution is 8.01. The summed E-state index contributed by atoms with van der Waals surface area (Å²) in [5.74, 6) is 0. The number of aryl methyl sites for hydroxylation is 1. The van der Waals surface area contributed by atoms with E-state index in [-0.39, 0.29) is 5.69 Å². The fourth-order valence-electron chi connectivity index (χ4n) is 1.27. The molecule has 0 aliphatic heterocycles. The summed E-state index contributed by atoms with van der Waals surface area (Å²) in [6.45, 7) is 1.82. The van der Waals surface area contributed by atoms with Gasteiger partial charge in [0.1, 0.15) is 4.21 Å². The lowest BCUT2D eigenvalue weighted by molar-refractivity contribution is -0.387. The molecule has 0 radical (unpaired) electrons. The van der Waals surface area contributed by atoms with Crippen molar-refractivity contribution in [1.29, 1.82) is 0 Å². The van der Waals surface area contributed by atoms with Crippen LogP contribution < -0.4 is 0 Å². The minimum atomic E-state index is -0.408. The predicted octanol–water partition coefficient (Wildman–Crippen LogP) is 4.82. The average molecular weight is 321 g/mol. The number of pyridine rings is 1. The van der Waals surface area contributed by atoms with Crippen molar-refractivity contribution in [1.82, 2.24) is 4.98 Å². The molecule has 0 aliphatic carbocycles. The lowest BCUT2D eigenvalue weighted by atomic mass is 10.5. The van der Waals surface area contributed by atoms with Gasteiger partial charge in [-0.15, -0.1) is 11.3 Å². The number of nitrogens with zero attached hydrogens (tertiary/aromatic N) is 2. The van der Waals surface area contributed by atoms with Crippen LogP contribution in [0.4, 0.5) is 5.69 Å². The minimum Gasteiger partial charge on any atom is -0.262 e. The third-order valence-electron chi connectivity index (χ3n) is 2.00. The van der Waals surface area contributed by atoms with E-state index in [1.807, 2.05) is 6.92 Å². The number of hydrogen-bond acceptors (Lipinski definition) is 5. The Hall–Kier alpha value is -0.820. The first-order valence-electron chi connectivity index (χ1n) is 4.70. The summed E-state index contributed by atoms with van der Waals surface area (Å²) in [4.78, 5) is 15.8. The Morgan fingerprint density at radius 3 is 2.56 bits per heavy atom. The van der Waals surface area contributed by atoms with Gasteiger partial charge in [-0.2, -0.15) is 0 Å². The quantitative estimate of drug-likeness (QED) is 0.601. The van der Waals surface area contributed by atoms with Gasteiger partial charge in [-0.05, 0) is 6.92 Å². The van der Waals surface area contributed by atoms with E-state index in [0.29, 0.717) is 19.1 Å². The third kappa shape index (κ3) is 2.77. The Morgan fingerprint density at radius 2 is 2.00 bits per heavy atom. The van der Waals surface area contributed by atoms with Crippen LogP contribution in [0.2, 0.25) is 10.0 Å². The molecule has 2 rings (SSSR count). The zero-order valence-corrected chi connectivity index (χ0v) is 12.2. The molecule has 0 fully saturated rings. The van der Waals surface area contributed by atoms with Crippen molar-refractivity contribution in [3.05, 3.63) is 43.5 Å². The fraction of sp³-hybridized carbons (Fsp3) is 0.100. The second-order valence-electron chi connectivity index (χ2n) is 3.32. The van der Waals surface area contributed by atoms with E-state index in [0.717, 1.165) is 4.88 Å². The molecule has 0 aromatic carbocycles. The maximum Gasteiger partial charge on any atom is 0.294 e. The van der Waals surface area contributed by atoms with Crippen LogP contribution in [0.5, 0.6) is 0 Å². The van der Waals surface area contributed by atoms with Gasteiger partial charge in [0.25, 0.3) is 5.69 Å². The van der Waals surface area contributed by atoms with Crippen molar-refractivity contribution >= 4 is 52.0 Å². The second-order valence-corrected chi connectivity index (χ2v) is 6.67. The number of nitro groups is 1. The summed E-state index contributed by atoms with van der Waals surface area (Å²) in [6, 6.07) is 1.54. The second kappa shape index (κ2) is 5.44. The van der Waals surface area contributed by atoms with E-state index < -0.39 is 4.92 Å². The number of aromatic nitrogens is 1. The summed E-state index contributed by atoms with van der Waals surface area (Å²) >= 11 is 14.5. The molecule has 0 atom stereocenters. The largest absolute Gasteiger partial charge is 0.294 e. The van der Waals surface area contributed by atoms with Crippen molar-refractivity contribution < 1.29 is 4.92 Å². The fourth-order valence-corrected chi connectivity index (χ4v) is 4.10. The van der Waals surface area contributed by atoms with E-state index in [4.69, 9.17) is 23.2 Å². The van der Waals surface area contributed by atoms with Crippen molar-refractivity contribution in [3.63, 3.8) is 0 Å². The standard InChI is InChI=1S/C10H6Cl2N2O2S2/c1-5-2-8(14(15)16)10(17-5)18-9-6(11)3-13-4-7(9)12/h2-4H,1H3. The van der Waals surface area contributed by atoms with Gasteiger partial charge in [0.15, 0.2) is 0 Å². The molecule has 0 unspecified atom stereocenters. The molecule has 0 bridgehead atoms. The topological polar surface area (TPSA) is 56.0 Å². The molecular formula is C10H6Cl2N2O2S2. The molecule has 0 saturated heterocycles. The molecule has 0 aliphatic rings. The molecule has 8 heteroatoms. The first kappa shape index (κ1) is 13.6. The van der Waals surface area contributed by atoms with E-state index in [1.54, 1.807) is 0 Å². The molecule has 0 amide bonds. The normalized spacial score (nSPS) is 10.6. The lowest BCUT2D eigenvalue weighted by Gasteiger charge is -2.03. The predicted molar refractivity (Wildman–Crippen MR) is 74.1 cm³/mol. The number of halogens is 2. The highest BCUT2D eigenvalue weighted by Gasteiger charge is 2.20. The molecular weight excluding hydrogens is 315 g/mol. The van der Waals surface area contributed by atoms with E-state index in [1.165, 1.54) is 41.6 Å². The van der Waals surface area contributed by atoms with Crippen molar-refractivity contribution in [2.24, 2.45) is 0 Å². The molecule has 94 valence electrons. The highest BCUT2D eigenvalue weighted by Crippen LogP contribution is 2.45. The van der Waals surface area contributed by atoms with Gasteiger partial charge in [-0.3, -0.25) is 15.1 Å². The zero-order chi connectivity index (χ0) is 13.3. The Balaban J connectivity index is 2.43. The molecule has 4 nitrogen and oxygen atoms in total. The first-order chi connectivity index (χ1) is 8.49. The monoisotopic (exact) mass is 320 g/mol. The Kier molecular flexibility index (Phi) is 4.11. The van der Waals surface area contributed by atoms with Gasteiger partial charge in [-0.1, -0.05) is 35.0 Å². The van der Waals surface area contributed by atoms with Gasteiger partial charge in [0.05, 0.1) is 19.9 Å². The van der Waals surface area contributed by atoms with Gasteiger partial charge < -0.3 is 0 Å². The van der Waals surface area contributed by atoms with Gasteiger partial charge in [-0.25, -0.2) is 0 Å². The number of hydrogen-bond donors (Lipinski definition) is 0. The molecule has 0 saturated carbocycles. The number of thiophene rings is 1. The summed E-state index contributed by atoms with van der Waals surface area (Å²) in [6.07, 6.45) is 2.92. The summed E-state index contributed by atoms with van der Waals surface area (Å²) in [7, 11) is 0. The van der Waals surface area contributed by atoms with Crippen LogP contribution in [0.3, 0.4) is 0 Å². The van der Waals surface area contributed by atoms with E-state index >= 15 is 0 Å². The van der Waals surface area contributed by atoms with Crippen LogP contribution in [-0.4, -0.2) is 9.91 Å². The maximum absolute atomic E-state index is 10.9. The SMILES string of the molecule is Cc1cc([N+](=O)[O-])c(Sc2c(Cl)cncc2Cl)s1. The maximum atomic E-state index is 10.9. The van der Waals surface area contributed by atoms with Crippen molar-refractivity contribution in [2.75, 3.05) is 0 Å². The van der Waals surface area contributed by atoms with Gasteiger partial charge >= 0.3 is 0 Å². The Morgan fingerprint density at radius 1 is 1.39 bits per heavy atom. The molecule has 2 aromatic rings. The summed E-state index contributed by atoms with van der Waals surface area (Å²) < 4.78 is 0.563. The van der Waals surface area contributed by atoms with Crippen LogP contribution in [0, 0.1) is 17.0 Å². The Labute approximate surface area is 121 Å². The van der Waals surface area contributed by atoms with Crippen LogP contribution in [-0.2, 0) is 0 Å². The minimum absolute atomic E-state index is 0.0754. The van der Waals surface area contributed by atoms with Gasteiger partial charge in [0, 0.05) is 23.3 Å². The van der Waals surface area contributed by atoms with Gasteiger partial charge in [0.2, 0.25) is 0 Å². The van der Waals surface area contributed by atoms with Crippen LogP contribution in [0.15, 0.2) is 27.6 Å². The van der Waals surface area contributed by atoms with E-state index in [9.17, 15) is 10.1 Å².